The van der Waals surface area contributed by atoms with Gasteiger partial charge in [-0.05, 0) is 57.1 Å². The summed E-state index contributed by atoms with van der Waals surface area (Å²) in [4.78, 5) is 14.5. The van der Waals surface area contributed by atoms with Gasteiger partial charge in [0.1, 0.15) is 5.82 Å². The van der Waals surface area contributed by atoms with Crippen molar-refractivity contribution >= 4 is 11.8 Å². The molecule has 0 aromatic carbocycles. The van der Waals surface area contributed by atoms with E-state index < -0.39 is 0 Å². The highest BCUT2D eigenvalue weighted by Gasteiger charge is 2.24. The van der Waals surface area contributed by atoms with Crippen LogP contribution in [0.5, 0.6) is 0 Å². The molecule has 27 heavy (non-hydrogen) atoms. The molecule has 1 aromatic heterocycles. The number of hydrogen-bond donors (Lipinski definition) is 1. The summed E-state index contributed by atoms with van der Waals surface area (Å²) in [6.45, 7) is 5.98. The van der Waals surface area contributed by atoms with E-state index >= 15 is 0 Å². The van der Waals surface area contributed by atoms with E-state index in [9.17, 15) is 0 Å². The summed E-state index contributed by atoms with van der Waals surface area (Å²) in [7, 11) is 0. The smallest absolute Gasteiger partial charge is 0.224 e. The molecule has 150 valence electrons. The molecular formula is C22H37N5. The molecule has 3 heterocycles. The van der Waals surface area contributed by atoms with E-state index in [1.807, 2.05) is 6.20 Å². The summed E-state index contributed by atoms with van der Waals surface area (Å²) in [6, 6.07) is 2.56. The van der Waals surface area contributed by atoms with Crippen molar-refractivity contribution in [2.75, 3.05) is 42.9 Å². The van der Waals surface area contributed by atoms with Crippen LogP contribution in [-0.2, 0) is 0 Å². The van der Waals surface area contributed by atoms with Crippen molar-refractivity contribution in [3.8, 4) is 0 Å². The minimum Gasteiger partial charge on any atom is -0.356 e. The van der Waals surface area contributed by atoms with E-state index in [1.54, 1.807) is 0 Å². The number of hydrogen-bond acceptors (Lipinski definition) is 5. The standard InChI is InChI=1S/C22H37N5/c1-2-7-16-27(15-6-1)21-12-13-23-22(25-21)24-20-11-8-14-26(18-20)17-19-9-4-3-5-10-19/h12-13,19-20H,1-11,14-18H2,(H,23,24,25). The fourth-order valence-corrected chi connectivity index (χ4v) is 5.15. The zero-order chi connectivity index (χ0) is 18.3. The third-order valence-corrected chi connectivity index (χ3v) is 6.65. The topological polar surface area (TPSA) is 44.3 Å². The lowest BCUT2D eigenvalue weighted by atomic mass is 9.88. The maximum Gasteiger partial charge on any atom is 0.224 e. The van der Waals surface area contributed by atoms with Gasteiger partial charge in [0.15, 0.2) is 0 Å². The first-order chi connectivity index (χ1) is 13.4. The molecule has 1 atom stereocenters. The molecule has 1 saturated carbocycles. The second kappa shape index (κ2) is 9.72. The molecular weight excluding hydrogens is 334 g/mol. The quantitative estimate of drug-likeness (QED) is 0.835. The molecule has 1 unspecified atom stereocenters. The number of piperidine rings is 1. The van der Waals surface area contributed by atoms with Crippen LogP contribution in [0.2, 0.25) is 0 Å². The Labute approximate surface area is 164 Å². The predicted octanol–water partition coefficient (Wildman–Crippen LogP) is 4.31. The van der Waals surface area contributed by atoms with Gasteiger partial charge in [-0.25, -0.2) is 4.98 Å². The van der Waals surface area contributed by atoms with Crippen LogP contribution in [0.15, 0.2) is 12.3 Å². The van der Waals surface area contributed by atoms with Gasteiger partial charge in [-0.1, -0.05) is 32.1 Å². The summed E-state index contributed by atoms with van der Waals surface area (Å²) < 4.78 is 0. The number of nitrogens with one attached hydrogen (secondary N) is 1. The Kier molecular flexibility index (Phi) is 6.83. The van der Waals surface area contributed by atoms with Crippen molar-refractivity contribution in [2.24, 2.45) is 5.92 Å². The van der Waals surface area contributed by atoms with Crippen LogP contribution in [0.3, 0.4) is 0 Å². The molecule has 1 N–H and O–H groups in total. The molecule has 0 spiro atoms. The van der Waals surface area contributed by atoms with Crippen LogP contribution >= 0.6 is 0 Å². The highest BCUT2D eigenvalue weighted by Crippen LogP contribution is 2.26. The van der Waals surface area contributed by atoms with Crippen LogP contribution in [-0.4, -0.2) is 53.6 Å². The highest BCUT2D eigenvalue weighted by atomic mass is 15.2. The zero-order valence-electron chi connectivity index (χ0n) is 16.9. The number of aromatic nitrogens is 2. The lowest BCUT2D eigenvalue weighted by Crippen LogP contribution is -2.44. The predicted molar refractivity (Wildman–Crippen MR) is 112 cm³/mol. The van der Waals surface area contributed by atoms with Crippen molar-refractivity contribution in [3.05, 3.63) is 12.3 Å². The molecule has 3 fully saturated rings. The Bertz CT molecular complexity index is 564. The van der Waals surface area contributed by atoms with Crippen molar-refractivity contribution < 1.29 is 0 Å². The molecule has 4 rings (SSSR count). The van der Waals surface area contributed by atoms with E-state index in [0.29, 0.717) is 6.04 Å². The zero-order valence-corrected chi connectivity index (χ0v) is 16.9. The van der Waals surface area contributed by atoms with Gasteiger partial charge in [0.2, 0.25) is 5.95 Å². The van der Waals surface area contributed by atoms with Gasteiger partial charge in [-0.15, -0.1) is 0 Å². The molecule has 5 heteroatoms. The summed E-state index contributed by atoms with van der Waals surface area (Å²) in [5, 5.41) is 3.65. The summed E-state index contributed by atoms with van der Waals surface area (Å²) in [5.41, 5.74) is 0. The summed E-state index contributed by atoms with van der Waals surface area (Å²) in [6.07, 6.45) is 16.9. The van der Waals surface area contributed by atoms with Gasteiger partial charge in [0, 0.05) is 38.4 Å². The summed E-state index contributed by atoms with van der Waals surface area (Å²) >= 11 is 0. The van der Waals surface area contributed by atoms with Crippen LogP contribution in [0, 0.1) is 5.92 Å². The Morgan fingerprint density at radius 1 is 0.889 bits per heavy atom. The largest absolute Gasteiger partial charge is 0.356 e. The van der Waals surface area contributed by atoms with Gasteiger partial charge in [-0.2, -0.15) is 4.98 Å². The van der Waals surface area contributed by atoms with E-state index in [-0.39, 0.29) is 0 Å². The third-order valence-electron chi connectivity index (χ3n) is 6.65. The average molecular weight is 372 g/mol. The third kappa shape index (κ3) is 5.56. The van der Waals surface area contributed by atoms with Crippen LogP contribution in [0.1, 0.15) is 70.6 Å². The Hall–Kier alpha value is -1.36. The van der Waals surface area contributed by atoms with Gasteiger partial charge < -0.3 is 15.1 Å². The van der Waals surface area contributed by atoms with E-state index in [1.165, 1.54) is 83.7 Å². The number of nitrogens with zero attached hydrogens (tertiary/aromatic N) is 4. The van der Waals surface area contributed by atoms with Crippen LogP contribution < -0.4 is 10.2 Å². The summed E-state index contributed by atoms with van der Waals surface area (Å²) in [5.74, 6) is 2.85. The minimum absolute atomic E-state index is 0.488. The SMILES string of the molecule is c1cc(N2CCCCCC2)nc(NC2CCCN(CC3CCCCC3)C2)n1. The van der Waals surface area contributed by atoms with Crippen molar-refractivity contribution in [1.29, 1.82) is 0 Å². The number of anilines is 2. The molecule has 1 aromatic rings. The molecule has 0 bridgehead atoms. The molecule has 2 aliphatic heterocycles. The van der Waals surface area contributed by atoms with E-state index in [2.05, 4.69) is 26.2 Å². The highest BCUT2D eigenvalue weighted by molar-refractivity contribution is 5.43. The van der Waals surface area contributed by atoms with E-state index in [4.69, 9.17) is 4.98 Å². The van der Waals surface area contributed by atoms with Crippen molar-refractivity contribution in [1.82, 2.24) is 14.9 Å². The Morgan fingerprint density at radius 2 is 1.67 bits per heavy atom. The van der Waals surface area contributed by atoms with Gasteiger partial charge in [-0.3, -0.25) is 0 Å². The lowest BCUT2D eigenvalue weighted by Gasteiger charge is -2.36. The van der Waals surface area contributed by atoms with Crippen molar-refractivity contribution in [3.63, 3.8) is 0 Å². The van der Waals surface area contributed by atoms with Gasteiger partial charge in [0.25, 0.3) is 0 Å². The van der Waals surface area contributed by atoms with E-state index in [0.717, 1.165) is 37.3 Å². The van der Waals surface area contributed by atoms with Gasteiger partial charge in [0.05, 0.1) is 0 Å². The first-order valence-electron chi connectivity index (χ1n) is 11.4. The van der Waals surface area contributed by atoms with Crippen LogP contribution in [0.25, 0.3) is 0 Å². The Balaban J connectivity index is 1.32. The maximum atomic E-state index is 4.86. The molecule has 0 radical (unpaired) electrons. The molecule has 3 aliphatic rings. The molecule has 0 amide bonds. The van der Waals surface area contributed by atoms with Crippen molar-refractivity contribution in [2.45, 2.75) is 76.7 Å². The second-order valence-corrected chi connectivity index (χ2v) is 8.89. The lowest BCUT2D eigenvalue weighted by molar-refractivity contribution is 0.166. The molecule has 1 aliphatic carbocycles. The van der Waals surface area contributed by atoms with Gasteiger partial charge >= 0.3 is 0 Å². The first kappa shape index (κ1) is 19.0. The second-order valence-electron chi connectivity index (χ2n) is 8.89. The maximum absolute atomic E-state index is 4.86. The molecule has 5 nitrogen and oxygen atoms in total. The van der Waals surface area contributed by atoms with Crippen LogP contribution in [0.4, 0.5) is 11.8 Å². The normalized spacial score (nSPS) is 25.9. The fourth-order valence-electron chi connectivity index (χ4n) is 5.15. The fraction of sp³-hybridized carbons (Fsp3) is 0.818. The molecule has 2 saturated heterocycles. The first-order valence-corrected chi connectivity index (χ1v) is 11.4. The Morgan fingerprint density at radius 3 is 2.48 bits per heavy atom. The monoisotopic (exact) mass is 371 g/mol. The minimum atomic E-state index is 0.488. The number of likely N-dealkylation sites (tertiary alicyclic amines) is 1. The average Bonchev–Trinajstić information content (AvgIpc) is 2.99. The number of rotatable bonds is 5.